The van der Waals surface area contributed by atoms with Crippen LogP contribution in [-0.2, 0) is 21.7 Å². The summed E-state index contributed by atoms with van der Waals surface area (Å²) in [4.78, 5) is 0. The number of hydrogen-bond acceptors (Lipinski definition) is 0. The Morgan fingerprint density at radius 3 is 0.657 bits per heavy atom. The van der Waals surface area contributed by atoms with Crippen LogP contribution >= 0.6 is 0 Å². The molecule has 4 aliphatic rings. The van der Waals surface area contributed by atoms with Gasteiger partial charge in [0.05, 0.1) is 0 Å². The number of fused-ring (bicyclic) bond motifs is 15. The van der Waals surface area contributed by atoms with Crippen LogP contribution in [0.2, 0.25) is 0 Å². The Morgan fingerprint density at radius 2 is 0.443 bits per heavy atom. The number of hydrogen-bond donors (Lipinski definition) is 0. The van der Waals surface area contributed by atoms with Crippen LogP contribution in [0.4, 0.5) is 0 Å². The highest BCUT2D eigenvalue weighted by molar-refractivity contribution is 6.40. The molecule has 0 saturated heterocycles. The third-order valence-electron chi connectivity index (χ3n) is 17.7. The van der Waals surface area contributed by atoms with Gasteiger partial charge in [-0.05, 0) is 191 Å². The molecule has 0 radical (unpaired) electrons. The summed E-state index contributed by atoms with van der Waals surface area (Å²) in [6.45, 7) is 19.2. The standard InChI is InChI=1S/C70H56/c1-67(2)57-21-13-9-17-41(57)37-61(67)45-25-29-49-50-30-26-47(63-39-43-19-11-15-23-59(43)69(63,5)6)35-55(50)66-56-36-48(64-40-44-20-12-16-24-60(44)70(64,7)8)28-32-52(56)51-31-27-46(34-54(51)65(66)53(49)33-45)62-38-42-18-10-14-22-58(42)68(62,3)4/h9-40H,1-8H3. The normalized spacial score (nSPS) is 17.7. The molecule has 0 saturated carbocycles. The molecule has 0 heterocycles. The van der Waals surface area contributed by atoms with Crippen LogP contribution in [-0.4, -0.2) is 0 Å². The Labute approximate surface area is 412 Å². The van der Waals surface area contributed by atoms with Gasteiger partial charge in [0.15, 0.2) is 0 Å². The molecule has 4 aliphatic carbocycles. The Kier molecular flexibility index (Phi) is 8.32. The third kappa shape index (κ3) is 5.54. The summed E-state index contributed by atoms with van der Waals surface area (Å²) in [5.41, 5.74) is 20.9. The van der Waals surface area contributed by atoms with Gasteiger partial charge >= 0.3 is 0 Å². The largest absolute Gasteiger partial charge is 0.0619 e. The lowest BCUT2D eigenvalue weighted by molar-refractivity contribution is 0.704. The molecule has 14 rings (SSSR count). The lowest BCUT2D eigenvalue weighted by Gasteiger charge is -2.27. The first kappa shape index (κ1) is 41.4. The van der Waals surface area contributed by atoms with Crippen molar-refractivity contribution in [2.24, 2.45) is 0 Å². The highest BCUT2D eigenvalue weighted by Crippen LogP contribution is 2.54. The molecule has 0 amide bonds. The van der Waals surface area contributed by atoms with E-state index in [0.29, 0.717) is 0 Å². The third-order valence-corrected chi connectivity index (χ3v) is 17.7. The molecule has 0 aliphatic heterocycles. The molecule has 0 heteroatoms. The predicted molar refractivity (Wildman–Crippen MR) is 303 cm³/mol. The molecule has 0 unspecified atom stereocenters. The molecule has 0 bridgehead atoms. The fourth-order valence-corrected chi connectivity index (χ4v) is 13.9. The molecule has 0 N–H and O–H groups in total. The minimum Gasteiger partial charge on any atom is -0.0619 e. The average Bonchev–Trinajstić information content (AvgIpc) is 4.01. The van der Waals surface area contributed by atoms with Crippen molar-refractivity contribution < 1.29 is 0 Å². The first-order valence-corrected chi connectivity index (χ1v) is 25.3. The summed E-state index contributed by atoms with van der Waals surface area (Å²) >= 11 is 0. The number of allylic oxidation sites excluding steroid dienone is 4. The van der Waals surface area contributed by atoms with Crippen LogP contribution in [0.5, 0.6) is 0 Å². The van der Waals surface area contributed by atoms with Crippen LogP contribution in [0.1, 0.15) is 122 Å². The van der Waals surface area contributed by atoms with Gasteiger partial charge in [-0.2, -0.15) is 0 Å². The Bertz CT molecular complexity index is 3610. The topological polar surface area (TPSA) is 0 Å². The van der Waals surface area contributed by atoms with Gasteiger partial charge in [0.2, 0.25) is 0 Å². The van der Waals surface area contributed by atoms with Crippen molar-refractivity contribution in [1.82, 2.24) is 0 Å². The van der Waals surface area contributed by atoms with Gasteiger partial charge in [-0.15, -0.1) is 0 Å². The molecule has 0 spiro atoms. The zero-order valence-corrected chi connectivity index (χ0v) is 41.5. The molecule has 10 aromatic carbocycles. The van der Waals surface area contributed by atoms with Crippen molar-refractivity contribution in [3.63, 3.8) is 0 Å². The van der Waals surface area contributed by atoms with E-state index in [1.807, 2.05) is 0 Å². The molecular formula is C70H56. The molecule has 0 fully saturated rings. The van der Waals surface area contributed by atoms with Crippen LogP contribution in [0.25, 0.3) is 100 Å². The van der Waals surface area contributed by atoms with E-state index in [1.165, 1.54) is 143 Å². The molecule has 0 aromatic heterocycles. The number of benzene rings is 10. The van der Waals surface area contributed by atoms with Crippen molar-refractivity contribution in [3.8, 4) is 0 Å². The van der Waals surface area contributed by atoms with E-state index in [1.54, 1.807) is 0 Å². The summed E-state index contributed by atoms with van der Waals surface area (Å²) in [6.07, 6.45) is 9.78. The van der Waals surface area contributed by atoms with Gasteiger partial charge in [0.1, 0.15) is 0 Å². The van der Waals surface area contributed by atoms with Gasteiger partial charge < -0.3 is 0 Å². The minimum atomic E-state index is -0.142. The van der Waals surface area contributed by atoms with Crippen molar-refractivity contribution in [2.45, 2.75) is 77.0 Å². The summed E-state index contributed by atoms with van der Waals surface area (Å²) in [6, 6.07) is 65.5. The van der Waals surface area contributed by atoms with Crippen LogP contribution < -0.4 is 0 Å². The van der Waals surface area contributed by atoms with Gasteiger partial charge in [-0.3, -0.25) is 0 Å². The zero-order chi connectivity index (χ0) is 47.6. The molecule has 0 nitrogen and oxygen atoms in total. The monoisotopic (exact) mass is 896 g/mol. The number of rotatable bonds is 4. The molecule has 336 valence electrons. The van der Waals surface area contributed by atoms with Gasteiger partial charge in [0, 0.05) is 21.7 Å². The van der Waals surface area contributed by atoms with E-state index in [9.17, 15) is 0 Å². The van der Waals surface area contributed by atoms with Crippen LogP contribution in [0.3, 0.4) is 0 Å². The van der Waals surface area contributed by atoms with Crippen LogP contribution in [0.15, 0.2) is 170 Å². The Balaban J connectivity index is 1.13. The SMILES string of the molecule is CC1(C)C(c2ccc3c4ccc(C5=Cc6ccccc6C5(C)C)cc4c4c5cc(C6=Cc7ccccc7C6(C)C)ccc5c5ccc(C6=Cc7ccccc7C6(C)C)cc5c4c3c2)=Cc2ccccc21. The molecule has 70 heavy (non-hydrogen) atoms. The fraction of sp³-hybridized carbons (Fsp3) is 0.171. The maximum Gasteiger partial charge on any atom is 0.0158 e. The second-order valence-electron chi connectivity index (χ2n) is 22.9. The van der Waals surface area contributed by atoms with E-state index in [-0.39, 0.29) is 21.7 Å². The van der Waals surface area contributed by atoms with E-state index >= 15 is 0 Å². The van der Waals surface area contributed by atoms with Crippen molar-refractivity contribution in [3.05, 3.63) is 237 Å². The second kappa shape index (κ2) is 14.0. The summed E-state index contributed by atoms with van der Waals surface area (Å²) in [7, 11) is 0. The molecule has 0 atom stereocenters. The van der Waals surface area contributed by atoms with E-state index < -0.39 is 0 Å². The van der Waals surface area contributed by atoms with E-state index in [0.717, 1.165) is 0 Å². The smallest absolute Gasteiger partial charge is 0.0158 e. The fourth-order valence-electron chi connectivity index (χ4n) is 13.9. The van der Waals surface area contributed by atoms with Crippen molar-refractivity contribution in [2.75, 3.05) is 0 Å². The molecule has 10 aromatic rings. The van der Waals surface area contributed by atoms with E-state index in [2.05, 4.69) is 250 Å². The maximum atomic E-state index is 2.55. The zero-order valence-electron chi connectivity index (χ0n) is 41.5. The van der Waals surface area contributed by atoms with Gasteiger partial charge in [0.25, 0.3) is 0 Å². The minimum absolute atomic E-state index is 0.142. The molecular weight excluding hydrogens is 841 g/mol. The summed E-state index contributed by atoms with van der Waals surface area (Å²) in [5, 5.41) is 13.0. The summed E-state index contributed by atoms with van der Waals surface area (Å²) in [5.74, 6) is 0. The second-order valence-corrected chi connectivity index (χ2v) is 22.9. The first-order chi connectivity index (χ1) is 33.7. The Morgan fingerprint density at radius 1 is 0.229 bits per heavy atom. The van der Waals surface area contributed by atoms with Crippen molar-refractivity contribution in [1.29, 1.82) is 0 Å². The highest BCUT2D eigenvalue weighted by Gasteiger charge is 2.38. The Hall–Kier alpha value is -7.54. The van der Waals surface area contributed by atoms with Crippen molar-refractivity contribution >= 4 is 100 Å². The van der Waals surface area contributed by atoms with E-state index in [4.69, 9.17) is 0 Å². The highest BCUT2D eigenvalue weighted by atomic mass is 14.4. The lowest BCUT2D eigenvalue weighted by atomic mass is 9.76. The first-order valence-electron chi connectivity index (χ1n) is 25.3. The van der Waals surface area contributed by atoms with Gasteiger partial charge in [-0.25, -0.2) is 0 Å². The maximum absolute atomic E-state index is 2.55. The predicted octanol–water partition coefficient (Wildman–Crippen LogP) is 18.8. The quantitative estimate of drug-likeness (QED) is 0.154. The average molecular weight is 897 g/mol. The van der Waals surface area contributed by atoms with Crippen LogP contribution in [0, 0.1) is 0 Å². The van der Waals surface area contributed by atoms with Gasteiger partial charge in [-0.1, -0.05) is 201 Å². The lowest BCUT2D eigenvalue weighted by Crippen LogP contribution is -2.16. The summed E-state index contributed by atoms with van der Waals surface area (Å²) < 4.78 is 0.